The molecule has 3 aromatic rings. The molecule has 0 aliphatic heterocycles. The van der Waals surface area contributed by atoms with Gasteiger partial charge in [0.05, 0.1) is 11.6 Å². The number of nitrogens with one attached hydrogen (secondary N) is 1. The molecule has 24 heavy (non-hydrogen) atoms. The first-order valence-corrected chi connectivity index (χ1v) is 9.59. The Morgan fingerprint density at radius 3 is 3.00 bits per heavy atom. The van der Waals surface area contributed by atoms with Crippen LogP contribution in [0.3, 0.4) is 0 Å². The molecule has 124 valence electrons. The largest absolute Gasteiger partial charge is 0.378 e. The van der Waals surface area contributed by atoms with Crippen LogP contribution in [0.25, 0.3) is 0 Å². The van der Waals surface area contributed by atoms with Crippen molar-refractivity contribution in [3.63, 3.8) is 0 Å². The van der Waals surface area contributed by atoms with Crippen LogP contribution >= 0.6 is 46.0 Å². The lowest BCUT2D eigenvalue weighted by Gasteiger charge is -2.06. The van der Waals surface area contributed by atoms with Crippen LogP contribution in [0.1, 0.15) is 15.5 Å². The maximum absolute atomic E-state index is 12.2. The number of ether oxygens (including phenoxy) is 1. The van der Waals surface area contributed by atoms with Crippen LogP contribution in [0.15, 0.2) is 38.3 Å². The number of anilines is 1. The number of benzene rings is 1. The minimum atomic E-state index is -0.283. The summed E-state index contributed by atoms with van der Waals surface area (Å²) in [6, 6.07) is 5.32. The van der Waals surface area contributed by atoms with Crippen molar-refractivity contribution in [3.8, 4) is 0 Å². The summed E-state index contributed by atoms with van der Waals surface area (Å²) >= 11 is 10.5. The lowest BCUT2D eigenvalue weighted by Crippen LogP contribution is -2.12. The number of carbonyl (C=O) groups excluding carboxylic acids is 1. The monoisotopic (exact) mass is 398 g/mol. The van der Waals surface area contributed by atoms with Crippen LogP contribution in [0.4, 0.5) is 5.69 Å². The van der Waals surface area contributed by atoms with Gasteiger partial charge in [-0.1, -0.05) is 34.7 Å². The highest BCUT2D eigenvalue weighted by molar-refractivity contribution is 8.01. The zero-order valence-corrected chi connectivity index (χ0v) is 15.6. The Labute approximate surface area is 155 Å². The van der Waals surface area contributed by atoms with E-state index in [1.165, 1.54) is 34.4 Å². The van der Waals surface area contributed by atoms with E-state index in [1.54, 1.807) is 30.1 Å². The van der Waals surface area contributed by atoms with Crippen LogP contribution in [-0.4, -0.2) is 28.2 Å². The second-order valence-electron chi connectivity index (χ2n) is 4.47. The van der Waals surface area contributed by atoms with Crippen LogP contribution in [0.2, 0.25) is 5.02 Å². The maximum Gasteiger partial charge on any atom is 0.275 e. The fourth-order valence-electron chi connectivity index (χ4n) is 1.76. The van der Waals surface area contributed by atoms with Gasteiger partial charge in [-0.15, -0.1) is 21.5 Å². The summed E-state index contributed by atoms with van der Waals surface area (Å²) in [7, 11) is 1.59. The van der Waals surface area contributed by atoms with Crippen molar-refractivity contribution in [1.29, 1.82) is 0 Å². The molecule has 10 heteroatoms. The van der Waals surface area contributed by atoms with E-state index in [2.05, 4.69) is 20.5 Å². The van der Waals surface area contributed by atoms with Gasteiger partial charge in [-0.3, -0.25) is 4.79 Å². The third kappa shape index (κ3) is 4.31. The second kappa shape index (κ2) is 8.04. The van der Waals surface area contributed by atoms with Crippen LogP contribution in [-0.2, 0) is 11.3 Å². The molecular formula is C14H11ClN4O2S3. The topological polar surface area (TPSA) is 77.0 Å². The standard InChI is InChI=1S/C14H11ClN4O2S3/c1-21-5-12-18-10(6-22-12)13(20)17-8-2-3-11(9(15)4-8)24-14-19-16-7-23-14/h2-4,6-7H,5H2,1H3,(H,17,20). The smallest absolute Gasteiger partial charge is 0.275 e. The van der Waals surface area contributed by atoms with E-state index in [9.17, 15) is 4.79 Å². The molecule has 2 heterocycles. The van der Waals surface area contributed by atoms with E-state index in [-0.39, 0.29) is 5.91 Å². The van der Waals surface area contributed by atoms with Gasteiger partial charge in [-0.2, -0.15) is 0 Å². The minimum Gasteiger partial charge on any atom is -0.378 e. The van der Waals surface area contributed by atoms with Crippen molar-refractivity contribution < 1.29 is 9.53 Å². The van der Waals surface area contributed by atoms with Gasteiger partial charge in [0.25, 0.3) is 5.91 Å². The van der Waals surface area contributed by atoms with Crippen LogP contribution in [0, 0.1) is 0 Å². The van der Waals surface area contributed by atoms with E-state index in [4.69, 9.17) is 16.3 Å². The number of hydrogen-bond donors (Lipinski definition) is 1. The molecular weight excluding hydrogens is 388 g/mol. The zero-order valence-electron chi connectivity index (χ0n) is 12.4. The summed E-state index contributed by atoms with van der Waals surface area (Å²) in [5.74, 6) is -0.283. The highest BCUT2D eigenvalue weighted by Crippen LogP contribution is 2.35. The average molecular weight is 399 g/mol. The van der Waals surface area contributed by atoms with Gasteiger partial charge in [0.2, 0.25) is 0 Å². The summed E-state index contributed by atoms with van der Waals surface area (Å²) in [6.45, 7) is 0.390. The van der Waals surface area contributed by atoms with Gasteiger partial charge >= 0.3 is 0 Å². The van der Waals surface area contributed by atoms with Gasteiger partial charge in [-0.25, -0.2) is 4.98 Å². The van der Waals surface area contributed by atoms with E-state index < -0.39 is 0 Å². The molecule has 0 aliphatic rings. The molecule has 0 saturated heterocycles. The molecule has 0 fully saturated rings. The van der Waals surface area contributed by atoms with E-state index in [0.29, 0.717) is 23.0 Å². The van der Waals surface area contributed by atoms with Crippen molar-refractivity contribution in [2.75, 3.05) is 12.4 Å². The van der Waals surface area contributed by atoms with E-state index in [0.717, 1.165) is 14.2 Å². The molecule has 6 nitrogen and oxygen atoms in total. The van der Waals surface area contributed by atoms with Gasteiger partial charge in [0, 0.05) is 23.1 Å². The van der Waals surface area contributed by atoms with Gasteiger partial charge in [0.15, 0.2) is 4.34 Å². The number of aromatic nitrogens is 3. The molecule has 1 N–H and O–H groups in total. The quantitative estimate of drug-likeness (QED) is 0.670. The molecule has 0 aliphatic carbocycles. The number of hydrogen-bond acceptors (Lipinski definition) is 8. The predicted molar refractivity (Wildman–Crippen MR) is 96.3 cm³/mol. The van der Waals surface area contributed by atoms with Crippen molar-refractivity contribution in [2.45, 2.75) is 15.8 Å². The van der Waals surface area contributed by atoms with Gasteiger partial charge in [0.1, 0.15) is 16.2 Å². The number of halogens is 1. The summed E-state index contributed by atoms with van der Waals surface area (Å²) < 4.78 is 5.81. The Kier molecular flexibility index (Phi) is 5.80. The molecule has 3 rings (SSSR count). The van der Waals surface area contributed by atoms with Crippen molar-refractivity contribution >= 4 is 57.6 Å². The van der Waals surface area contributed by atoms with Crippen molar-refractivity contribution in [1.82, 2.24) is 15.2 Å². The number of methoxy groups -OCH3 is 1. The number of rotatable bonds is 6. The molecule has 1 amide bonds. The Morgan fingerprint density at radius 2 is 2.29 bits per heavy atom. The van der Waals surface area contributed by atoms with Gasteiger partial charge < -0.3 is 10.1 Å². The normalized spacial score (nSPS) is 10.8. The molecule has 1 aromatic carbocycles. The lowest BCUT2D eigenvalue weighted by atomic mass is 10.3. The molecule has 0 saturated carbocycles. The lowest BCUT2D eigenvalue weighted by molar-refractivity contribution is 0.102. The Morgan fingerprint density at radius 1 is 1.42 bits per heavy atom. The SMILES string of the molecule is COCc1nc(C(=O)Nc2ccc(Sc3nncs3)c(Cl)c2)cs1. The van der Waals surface area contributed by atoms with Crippen molar-refractivity contribution in [2.24, 2.45) is 0 Å². The predicted octanol–water partition coefficient (Wildman–Crippen LogP) is 4.20. The number of carbonyl (C=O) groups is 1. The Balaban J connectivity index is 1.68. The summed E-state index contributed by atoms with van der Waals surface area (Å²) in [5, 5.41) is 13.5. The number of amides is 1. The Hall–Kier alpha value is -1.52. The minimum absolute atomic E-state index is 0.283. The average Bonchev–Trinajstić information content (AvgIpc) is 3.22. The fourth-order valence-corrected chi connectivity index (χ4v) is 4.24. The molecule has 0 bridgehead atoms. The summed E-state index contributed by atoms with van der Waals surface area (Å²) in [5.41, 5.74) is 2.62. The molecule has 0 unspecified atom stereocenters. The molecule has 0 radical (unpaired) electrons. The maximum atomic E-state index is 12.2. The molecule has 0 spiro atoms. The van der Waals surface area contributed by atoms with Gasteiger partial charge in [-0.05, 0) is 18.2 Å². The second-order valence-corrected chi connectivity index (χ2v) is 7.94. The van der Waals surface area contributed by atoms with Crippen LogP contribution in [0.5, 0.6) is 0 Å². The summed E-state index contributed by atoms with van der Waals surface area (Å²) in [4.78, 5) is 17.3. The first-order chi connectivity index (χ1) is 11.7. The molecule has 0 atom stereocenters. The number of nitrogens with zero attached hydrogens (tertiary/aromatic N) is 3. The Bertz CT molecular complexity index is 838. The van der Waals surface area contributed by atoms with Crippen molar-refractivity contribution in [3.05, 3.63) is 44.8 Å². The zero-order chi connectivity index (χ0) is 16.9. The fraction of sp³-hybridized carbons (Fsp3) is 0.143. The van der Waals surface area contributed by atoms with Crippen LogP contribution < -0.4 is 5.32 Å². The first kappa shape index (κ1) is 17.3. The highest BCUT2D eigenvalue weighted by Gasteiger charge is 2.12. The first-order valence-electron chi connectivity index (χ1n) is 6.64. The molecule has 2 aromatic heterocycles. The van der Waals surface area contributed by atoms with E-state index in [1.807, 2.05) is 6.07 Å². The third-order valence-electron chi connectivity index (χ3n) is 2.78. The van der Waals surface area contributed by atoms with E-state index >= 15 is 0 Å². The highest BCUT2D eigenvalue weighted by atomic mass is 35.5. The number of thiazole rings is 1. The summed E-state index contributed by atoms with van der Waals surface area (Å²) in [6.07, 6.45) is 0. The third-order valence-corrected chi connectivity index (χ3v) is 5.88.